The highest BCUT2D eigenvalue weighted by atomic mass is 79.9. The van der Waals surface area contributed by atoms with Crippen molar-refractivity contribution in [2.45, 2.75) is 6.92 Å². The van der Waals surface area contributed by atoms with E-state index in [2.05, 4.69) is 26.3 Å². The Hall–Kier alpha value is -1.62. The Morgan fingerprint density at radius 1 is 1.47 bits per heavy atom. The molecule has 0 fully saturated rings. The molecular weight excluding hydrogens is 282 g/mol. The molecule has 0 atom stereocenters. The van der Waals surface area contributed by atoms with Gasteiger partial charge in [0, 0.05) is 23.4 Å². The van der Waals surface area contributed by atoms with Crippen LogP contribution in [0.1, 0.15) is 15.9 Å². The van der Waals surface area contributed by atoms with Crippen LogP contribution in [0.25, 0.3) is 0 Å². The molecule has 88 valence electrons. The Bertz CT molecular complexity index is 563. The Morgan fingerprint density at radius 3 is 2.82 bits per heavy atom. The quantitative estimate of drug-likeness (QED) is 0.925. The van der Waals surface area contributed by atoms with Crippen LogP contribution in [0.15, 0.2) is 35.1 Å². The molecule has 0 aliphatic carbocycles. The maximum absolute atomic E-state index is 11.9. The van der Waals surface area contributed by atoms with Crippen molar-refractivity contribution < 1.29 is 4.79 Å². The number of nitrogens with zero attached hydrogens (tertiary/aromatic N) is 2. The predicted octanol–water partition coefficient (Wildman–Crippen LogP) is 2.74. The molecule has 0 saturated heterocycles. The van der Waals surface area contributed by atoms with Gasteiger partial charge in [-0.05, 0) is 30.7 Å². The number of hydrogen-bond acceptors (Lipinski definition) is 2. The molecule has 1 aromatic heterocycles. The number of aryl methyl sites for hydroxylation is 2. The molecule has 0 saturated carbocycles. The van der Waals surface area contributed by atoms with Gasteiger partial charge < -0.3 is 5.32 Å². The first kappa shape index (κ1) is 11.9. The molecular formula is C12H12BrN3O. The first-order valence-corrected chi connectivity index (χ1v) is 5.92. The SMILES string of the molecule is Cc1cc(Br)ccc1NC(=O)c1cnn(C)c1. The summed E-state index contributed by atoms with van der Waals surface area (Å²) in [5.74, 6) is -0.150. The summed E-state index contributed by atoms with van der Waals surface area (Å²) in [5.41, 5.74) is 2.37. The van der Waals surface area contributed by atoms with E-state index in [9.17, 15) is 4.79 Å². The molecule has 4 nitrogen and oxygen atoms in total. The first-order chi connectivity index (χ1) is 8.06. The van der Waals surface area contributed by atoms with Gasteiger partial charge in [0.2, 0.25) is 0 Å². The van der Waals surface area contributed by atoms with E-state index in [4.69, 9.17) is 0 Å². The molecule has 0 spiro atoms. The Balaban J connectivity index is 2.18. The lowest BCUT2D eigenvalue weighted by Gasteiger charge is -2.07. The van der Waals surface area contributed by atoms with Gasteiger partial charge in [0.05, 0.1) is 11.8 Å². The van der Waals surface area contributed by atoms with Crippen molar-refractivity contribution in [3.8, 4) is 0 Å². The average Bonchev–Trinajstić information content (AvgIpc) is 2.69. The number of halogens is 1. The van der Waals surface area contributed by atoms with Crippen molar-refractivity contribution >= 4 is 27.5 Å². The van der Waals surface area contributed by atoms with Crippen molar-refractivity contribution in [2.24, 2.45) is 7.05 Å². The molecule has 1 aromatic carbocycles. The van der Waals surface area contributed by atoms with Crippen LogP contribution in [-0.4, -0.2) is 15.7 Å². The molecule has 2 aromatic rings. The minimum absolute atomic E-state index is 0.150. The van der Waals surface area contributed by atoms with Gasteiger partial charge >= 0.3 is 0 Å². The largest absolute Gasteiger partial charge is 0.322 e. The maximum atomic E-state index is 11.9. The second-order valence-electron chi connectivity index (χ2n) is 3.82. The van der Waals surface area contributed by atoms with E-state index >= 15 is 0 Å². The monoisotopic (exact) mass is 293 g/mol. The molecule has 0 aliphatic heterocycles. The number of nitrogens with one attached hydrogen (secondary N) is 1. The molecule has 1 heterocycles. The van der Waals surface area contributed by atoms with E-state index in [0.717, 1.165) is 15.7 Å². The topological polar surface area (TPSA) is 46.9 Å². The summed E-state index contributed by atoms with van der Waals surface area (Å²) in [7, 11) is 1.78. The number of anilines is 1. The van der Waals surface area contributed by atoms with E-state index in [1.807, 2.05) is 25.1 Å². The lowest BCUT2D eigenvalue weighted by molar-refractivity contribution is 0.102. The van der Waals surface area contributed by atoms with Gasteiger partial charge in [-0.3, -0.25) is 9.48 Å². The van der Waals surface area contributed by atoms with E-state index in [0.29, 0.717) is 5.56 Å². The zero-order valence-electron chi connectivity index (χ0n) is 9.57. The van der Waals surface area contributed by atoms with Crippen LogP contribution in [0.3, 0.4) is 0 Å². The minimum Gasteiger partial charge on any atom is -0.322 e. The highest BCUT2D eigenvalue weighted by Crippen LogP contribution is 2.20. The van der Waals surface area contributed by atoms with Crippen LogP contribution in [0.5, 0.6) is 0 Å². The third kappa shape index (κ3) is 2.74. The highest BCUT2D eigenvalue weighted by Gasteiger charge is 2.09. The molecule has 0 aliphatic rings. The fraction of sp³-hybridized carbons (Fsp3) is 0.167. The molecule has 1 amide bonds. The molecule has 17 heavy (non-hydrogen) atoms. The molecule has 0 unspecified atom stereocenters. The molecule has 1 N–H and O–H groups in total. The zero-order valence-corrected chi connectivity index (χ0v) is 11.2. The second kappa shape index (κ2) is 4.71. The van der Waals surface area contributed by atoms with Crippen molar-refractivity contribution in [3.05, 3.63) is 46.2 Å². The predicted molar refractivity (Wildman–Crippen MR) is 70.0 cm³/mol. The molecule has 0 bridgehead atoms. The van der Waals surface area contributed by atoms with Crippen LogP contribution >= 0.6 is 15.9 Å². The molecule has 2 rings (SSSR count). The number of rotatable bonds is 2. The van der Waals surface area contributed by atoms with Gasteiger partial charge in [-0.1, -0.05) is 15.9 Å². The number of carbonyl (C=O) groups is 1. The van der Waals surface area contributed by atoms with Gasteiger partial charge in [-0.2, -0.15) is 5.10 Å². The van der Waals surface area contributed by atoms with Crippen LogP contribution in [-0.2, 0) is 7.05 Å². The van der Waals surface area contributed by atoms with Gasteiger partial charge in [-0.15, -0.1) is 0 Å². The van der Waals surface area contributed by atoms with Crippen molar-refractivity contribution in [3.63, 3.8) is 0 Å². The summed E-state index contributed by atoms with van der Waals surface area (Å²) in [6.45, 7) is 1.95. The normalized spacial score (nSPS) is 10.3. The van der Waals surface area contributed by atoms with Crippen LogP contribution in [0, 0.1) is 6.92 Å². The summed E-state index contributed by atoms with van der Waals surface area (Å²) < 4.78 is 2.60. The summed E-state index contributed by atoms with van der Waals surface area (Å²) in [5, 5.41) is 6.82. The fourth-order valence-corrected chi connectivity index (χ4v) is 1.98. The molecule has 0 radical (unpaired) electrons. The summed E-state index contributed by atoms with van der Waals surface area (Å²) in [6, 6.07) is 5.72. The van der Waals surface area contributed by atoms with Crippen molar-refractivity contribution in [1.82, 2.24) is 9.78 Å². The Labute approximate surface area is 108 Å². The van der Waals surface area contributed by atoms with E-state index in [-0.39, 0.29) is 5.91 Å². The van der Waals surface area contributed by atoms with Gasteiger partial charge in [-0.25, -0.2) is 0 Å². The maximum Gasteiger partial charge on any atom is 0.258 e. The lowest BCUT2D eigenvalue weighted by Crippen LogP contribution is -2.11. The van der Waals surface area contributed by atoms with Crippen molar-refractivity contribution in [2.75, 3.05) is 5.32 Å². The second-order valence-corrected chi connectivity index (χ2v) is 4.73. The van der Waals surface area contributed by atoms with E-state index in [1.54, 1.807) is 24.1 Å². The lowest BCUT2D eigenvalue weighted by atomic mass is 10.2. The number of carbonyl (C=O) groups excluding carboxylic acids is 1. The summed E-state index contributed by atoms with van der Waals surface area (Å²) >= 11 is 3.38. The molecule has 5 heteroatoms. The number of aromatic nitrogens is 2. The van der Waals surface area contributed by atoms with Crippen LogP contribution in [0.4, 0.5) is 5.69 Å². The van der Waals surface area contributed by atoms with E-state index in [1.165, 1.54) is 0 Å². The van der Waals surface area contributed by atoms with Gasteiger partial charge in [0.25, 0.3) is 5.91 Å². The summed E-state index contributed by atoms with van der Waals surface area (Å²) in [6.07, 6.45) is 3.23. The minimum atomic E-state index is -0.150. The number of amides is 1. The van der Waals surface area contributed by atoms with Crippen molar-refractivity contribution in [1.29, 1.82) is 0 Å². The van der Waals surface area contributed by atoms with Crippen LogP contribution < -0.4 is 5.32 Å². The van der Waals surface area contributed by atoms with E-state index < -0.39 is 0 Å². The van der Waals surface area contributed by atoms with Gasteiger partial charge in [0.1, 0.15) is 0 Å². The highest BCUT2D eigenvalue weighted by molar-refractivity contribution is 9.10. The number of benzene rings is 1. The van der Waals surface area contributed by atoms with Gasteiger partial charge in [0.15, 0.2) is 0 Å². The average molecular weight is 294 g/mol. The Kier molecular flexibility index (Phi) is 3.28. The Morgan fingerprint density at radius 2 is 2.24 bits per heavy atom. The standard InChI is InChI=1S/C12H12BrN3O/c1-8-5-10(13)3-4-11(8)15-12(17)9-6-14-16(2)7-9/h3-7H,1-2H3,(H,15,17). The number of hydrogen-bond donors (Lipinski definition) is 1. The summed E-state index contributed by atoms with van der Waals surface area (Å²) in [4.78, 5) is 11.9. The fourth-order valence-electron chi connectivity index (χ4n) is 1.50. The third-order valence-electron chi connectivity index (χ3n) is 2.40. The first-order valence-electron chi connectivity index (χ1n) is 5.12. The van der Waals surface area contributed by atoms with Crippen LogP contribution in [0.2, 0.25) is 0 Å². The smallest absolute Gasteiger partial charge is 0.258 e. The third-order valence-corrected chi connectivity index (χ3v) is 2.90. The zero-order chi connectivity index (χ0) is 12.4.